The van der Waals surface area contributed by atoms with E-state index in [0.717, 1.165) is 51.9 Å². The highest BCUT2D eigenvalue weighted by Gasteiger charge is 2.30. The highest BCUT2D eigenvalue weighted by Crippen LogP contribution is 2.32. The molecule has 1 saturated heterocycles. The molecule has 0 amide bonds. The molecule has 0 radical (unpaired) electrons. The number of rotatable bonds is 2. The van der Waals surface area contributed by atoms with Crippen LogP contribution in [0.1, 0.15) is 37.5 Å². The van der Waals surface area contributed by atoms with Gasteiger partial charge in [-0.25, -0.2) is 0 Å². The van der Waals surface area contributed by atoms with Crippen molar-refractivity contribution in [2.75, 3.05) is 38.1 Å². The first-order chi connectivity index (χ1) is 9.24. The van der Waals surface area contributed by atoms with E-state index in [1.165, 1.54) is 0 Å². The molecule has 106 valence electrons. The SMILES string of the molecule is CN1CCN(c2noc(C3CCCCC3O)n2)CC1. The third-order valence-corrected chi connectivity index (χ3v) is 4.26. The number of aliphatic hydroxyl groups excluding tert-OH is 1. The Hall–Kier alpha value is -1.14. The molecule has 1 aromatic rings. The quantitative estimate of drug-likeness (QED) is 0.855. The molecule has 1 saturated carbocycles. The van der Waals surface area contributed by atoms with E-state index >= 15 is 0 Å². The van der Waals surface area contributed by atoms with Gasteiger partial charge < -0.3 is 19.4 Å². The fourth-order valence-corrected chi connectivity index (χ4v) is 2.91. The molecule has 2 fully saturated rings. The number of aliphatic hydroxyl groups is 1. The predicted molar refractivity (Wildman–Crippen MR) is 71.2 cm³/mol. The van der Waals surface area contributed by atoms with Gasteiger partial charge in [-0.05, 0) is 25.0 Å². The topological polar surface area (TPSA) is 65.6 Å². The average molecular weight is 266 g/mol. The van der Waals surface area contributed by atoms with Gasteiger partial charge in [-0.3, -0.25) is 0 Å². The Balaban J connectivity index is 1.68. The van der Waals surface area contributed by atoms with Crippen LogP contribution in [0.5, 0.6) is 0 Å². The van der Waals surface area contributed by atoms with Gasteiger partial charge in [0.15, 0.2) is 0 Å². The maximum absolute atomic E-state index is 10.0. The fourth-order valence-electron chi connectivity index (χ4n) is 2.91. The predicted octanol–water partition coefficient (Wildman–Crippen LogP) is 0.840. The molecule has 6 heteroatoms. The van der Waals surface area contributed by atoms with Crippen LogP contribution in [0.25, 0.3) is 0 Å². The molecule has 0 aromatic carbocycles. The minimum Gasteiger partial charge on any atom is -0.392 e. The Kier molecular flexibility index (Phi) is 3.70. The highest BCUT2D eigenvalue weighted by molar-refractivity contribution is 5.29. The minimum absolute atomic E-state index is 0.0301. The molecule has 0 spiro atoms. The largest absolute Gasteiger partial charge is 0.392 e. The zero-order valence-corrected chi connectivity index (χ0v) is 11.5. The van der Waals surface area contributed by atoms with Gasteiger partial charge in [-0.2, -0.15) is 4.98 Å². The van der Waals surface area contributed by atoms with E-state index in [4.69, 9.17) is 4.52 Å². The van der Waals surface area contributed by atoms with Crippen molar-refractivity contribution in [1.29, 1.82) is 0 Å². The molecular formula is C13H22N4O2. The normalized spacial score (nSPS) is 29.7. The summed E-state index contributed by atoms with van der Waals surface area (Å²) in [5.74, 6) is 1.32. The van der Waals surface area contributed by atoms with Crippen LogP contribution in [0.2, 0.25) is 0 Å². The average Bonchev–Trinajstić information content (AvgIpc) is 2.89. The zero-order chi connectivity index (χ0) is 13.2. The first kappa shape index (κ1) is 12.9. The molecule has 2 unspecified atom stereocenters. The van der Waals surface area contributed by atoms with Gasteiger partial charge in [0.25, 0.3) is 5.95 Å². The summed E-state index contributed by atoms with van der Waals surface area (Å²) in [6.07, 6.45) is 3.70. The molecule has 2 heterocycles. The molecule has 1 aliphatic carbocycles. The number of hydrogen-bond donors (Lipinski definition) is 1. The first-order valence-corrected chi connectivity index (χ1v) is 7.19. The molecule has 2 aliphatic rings. The lowest BCUT2D eigenvalue weighted by molar-refractivity contribution is 0.0908. The van der Waals surface area contributed by atoms with Crippen molar-refractivity contribution in [3.05, 3.63) is 5.89 Å². The third-order valence-electron chi connectivity index (χ3n) is 4.26. The van der Waals surface area contributed by atoms with Crippen LogP contribution in [0.4, 0.5) is 5.95 Å². The van der Waals surface area contributed by atoms with Gasteiger partial charge in [0.05, 0.1) is 12.0 Å². The number of anilines is 1. The lowest BCUT2D eigenvalue weighted by Crippen LogP contribution is -2.44. The van der Waals surface area contributed by atoms with Crippen LogP contribution < -0.4 is 4.90 Å². The van der Waals surface area contributed by atoms with E-state index in [-0.39, 0.29) is 12.0 Å². The monoisotopic (exact) mass is 266 g/mol. The molecule has 1 N–H and O–H groups in total. The van der Waals surface area contributed by atoms with Crippen LogP contribution in [-0.4, -0.2) is 59.5 Å². The Labute approximate surface area is 113 Å². The number of likely N-dealkylation sites (N-methyl/N-ethyl adjacent to an activating group) is 1. The van der Waals surface area contributed by atoms with Crippen LogP contribution in [-0.2, 0) is 0 Å². The van der Waals surface area contributed by atoms with Crippen LogP contribution in [0.15, 0.2) is 4.52 Å². The van der Waals surface area contributed by atoms with E-state index in [9.17, 15) is 5.11 Å². The van der Waals surface area contributed by atoms with Crippen molar-refractivity contribution < 1.29 is 9.63 Å². The zero-order valence-electron chi connectivity index (χ0n) is 11.5. The number of nitrogens with zero attached hydrogens (tertiary/aromatic N) is 4. The van der Waals surface area contributed by atoms with E-state index in [1.54, 1.807) is 0 Å². The Bertz CT molecular complexity index is 415. The second kappa shape index (κ2) is 5.46. The van der Waals surface area contributed by atoms with Crippen molar-refractivity contribution in [2.24, 2.45) is 0 Å². The smallest absolute Gasteiger partial charge is 0.266 e. The summed E-state index contributed by atoms with van der Waals surface area (Å²) < 4.78 is 5.38. The maximum Gasteiger partial charge on any atom is 0.266 e. The van der Waals surface area contributed by atoms with Crippen LogP contribution >= 0.6 is 0 Å². The van der Waals surface area contributed by atoms with Gasteiger partial charge >= 0.3 is 0 Å². The summed E-state index contributed by atoms with van der Waals surface area (Å²) >= 11 is 0. The van der Waals surface area contributed by atoms with E-state index in [1.807, 2.05) is 0 Å². The molecule has 6 nitrogen and oxygen atoms in total. The number of piperazine rings is 1. The Morgan fingerprint density at radius 2 is 1.89 bits per heavy atom. The van der Waals surface area contributed by atoms with Crippen LogP contribution in [0, 0.1) is 0 Å². The van der Waals surface area contributed by atoms with E-state index in [2.05, 4.69) is 27.0 Å². The summed E-state index contributed by atoms with van der Waals surface area (Å²) in [6, 6.07) is 0. The van der Waals surface area contributed by atoms with Gasteiger partial charge in [-0.1, -0.05) is 12.8 Å². The summed E-state index contributed by atoms with van der Waals surface area (Å²) in [7, 11) is 2.12. The standard InChI is InChI=1S/C13H22N4O2/c1-16-6-8-17(9-7-16)13-14-12(19-15-13)10-4-2-3-5-11(10)18/h10-11,18H,2-9H2,1H3. The van der Waals surface area contributed by atoms with Crippen molar-refractivity contribution in [3.8, 4) is 0 Å². The van der Waals surface area contributed by atoms with Gasteiger partial charge in [0.2, 0.25) is 5.89 Å². The number of aromatic nitrogens is 2. The van der Waals surface area contributed by atoms with Gasteiger partial charge in [0.1, 0.15) is 0 Å². The molecular weight excluding hydrogens is 244 g/mol. The molecule has 3 rings (SSSR count). The summed E-state index contributed by atoms with van der Waals surface area (Å²) in [5.41, 5.74) is 0. The van der Waals surface area contributed by atoms with Crippen molar-refractivity contribution in [2.45, 2.75) is 37.7 Å². The van der Waals surface area contributed by atoms with Crippen molar-refractivity contribution in [3.63, 3.8) is 0 Å². The van der Waals surface area contributed by atoms with Crippen molar-refractivity contribution >= 4 is 5.95 Å². The third kappa shape index (κ3) is 2.74. The van der Waals surface area contributed by atoms with Crippen LogP contribution in [0.3, 0.4) is 0 Å². The Morgan fingerprint density at radius 1 is 1.16 bits per heavy atom. The first-order valence-electron chi connectivity index (χ1n) is 7.19. The second-order valence-corrected chi connectivity index (χ2v) is 5.68. The van der Waals surface area contributed by atoms with E-state index in [0.29, 0.717) is 11.8 Å². The number of hydrogen-bond acceptors (Lipinski definition) is 6. The van der Waals surface area contributed by atoms with Gasteiger partial charge in [-0.15, -0.1) is 0 Å². The minimum atomic E-state index is -0.325. The maximum atomic E-state index is 10.0. The summed E-state index contributed by atoms with van der Waals surface area (Å²) in [6.45, 7) is 3.91. The molecule has 0 bridgehead atoms. The van der Waals surface area contributed by atoms with Gasteiger partial charge in [0, 0.05) is 26.2 Å². The summed E-state index contributed by atoms with van der Waals surface area (Å²) in [4.78, 5) is 8.95. The van der Waals surface area contributed by atoms with Crippen molar-refractivity contribution in [1.82, 2.24) is 15.0 Å². The Morgan fingerprint density at radius 3 is 2.63 bits per heavy atom. The fraction of sp³-hybridized carbons (Fsp3) is 0.846. The molecule has 1 aliphatic heterocycles. The molecule has 1 aromatic heterocycles. The van der Waals surface area contributed by atoms with E-state index < -0.39 is 0 Å². The lowest BCUT2D eigenvalue weighted by Gasteiger charge is -2.31. The highest BCUT2D eigenvalue weighted by atomic mass is 16.5. The second-order valence-electron chi connectivity index (χ2n) is 5.68. The lowest BCUT2D eigenvalue weighted by atomic mass is 9.86. The summed E-state index contributed by atoms with van der Waals surface area (Å²) in [5, 5.41) is 14.1. The molecule has 19 heavy (non-hydrogen) atoms. The molecule has 2 atom stereocenters.